The van der Waals surface area contributed by atoms with Crippen molar-refractivity contribution in [1.29, 1.82) is 0 Å². The van der Waals surface area contributed by atoms with Crippen LogP contribution >= 0.6 is 23.2 Å². The summed E-state index contributed by atoms with van der Waals surface area (Å²) in [5.41, 5.74) is 0. The molecule has 0 spiro atoms. The molecule has 0 saturated heterocycles. The fourth-order valence-corrected chi connectivity index (χ4v) is 0.762. The van der Waals surface area contributed by atoms with Crippen LogP contribution < -0.4 is 0 Å². The van der Waals surface area contributed by atoms with Crippen LogP contribution in [0.5, 0.6) is 0 Å². The highest BCUT2D eigenvalue weighted by Gasteiger charge is 2.16. The van der Waals surface area contributed by atoms with Gasteiger partial charge < -0.3 is 10.1 Å². The molecule has 1 aromatic heterocycles. The fourth-order valence-electron chi connectivity index (χ4n) is 0.467. The Morgan fingerprint density at radius 3 is 2.55 bits per heavy atom. The zero-order chi connectivity index (χ0) is 8.43. The van der Waals surface area contributed by atoms with Crippen molar-refractivity contribution in [2.45, 2.75) is 0 Å². The van der Waals surface area contributed by atoms with Crippen LogP contribution in [0.25, 0.3) is 0 Å². The third kappa shape index (κ3) is 1.55. The van der Waals surface area contributed by atoms with Crippen molar-refractivity contribution in [3.05, 3.63) is 26.6 Å². The van der Waals surface area contributed by atoms with Gasteiger partial charge in [-0.25, -0.2) is 0 Å². The predicted molar refractivity (Wildman–Crippen MR) is 38.7 cm³/mol. The van der Waals surface area contributed by atoms with Crippen LogP contribution in [0, 0.1) is 10.1 Å². The van der Waals surface area contributed by atoms with E-state index in [9.17, 15) is 10.1 Å². The molecule has 0 N–H and O–H groups in total. The van der Waals surface area contributed by atoms with Crippen LogP contribution in [0.1, 0.15) is 0 Å². The first kappa shape index (κ1) is 8.16. The first-order valence-corrected chi connectivity index (χ1v) is 3.19. The van der Waals surface area contributed by atoms with Crippen LogP contribution in [0.3, 0.4) is 0 Å². The number of hydrogen-bond donors (Lipinski definition) is 0. The first-order valence-electron chi connectivity index (χ1n) is 2.43. The molecule has 0 fully saturated rings. The van der Waals surface area contributed by atoms with Crippen molar-refractivity contribution in [1.82, 2.24) is 9.97 Å². The van der Waals surface area contributed by atoms with Crippen LogP contribution in [0.4, 0.5) is 5.82 Å². The highest BCUT2D eigenvalue weighted by Crippen LogP contribution is 2.26. The molecule has 0 amide bonds. The van der Waals surface area contributed by atoms with E-state index in [4.69, 9.17) is 23.2 Å². The zero-order valence-corrected chi connectivity index (χ0v) is 6.50. The molecule has 0 aliphatic carbocycles. The molecule has 5 nitrogen and oxygen atoms in total. The third-order valence-corrected chi connectivity index (χ3v) is 1.63. The average molecular weight is 194 g/mol. The molecule has 11 heavy (non-hydrogen) atoms. The number of aromatic nitrogens is 2. The molecule has 58 valence electrons. The van der Waals surface area contributed by atoms with E-state index in [-0.39, 0.29) is 10.2 Å². The van der Waals surface area contributed by atoms with Gasteiger partial charge in [-0.1, -0.05) is 23.2 Å². The van der Waals surface area contributed by atoms with E-state index in [2.05, 4.69) is 9.97 Å². The smallest absolute Gasteiger partial charge is 0.358 e. The Balaban J connectivity index is 3.27. The predicted octanol–water partition coefficient (Wildman–Crippen LogP) is 1.69. The Morgan fingerprint density at radius 1 is 1.45 bits per heavy atom. The lowest BCUT2D eigenvalue weighted by atomic mass is 10.6. The van der Waals surface area contributed by atoms with Gasteiger partial charge in [0.15, 0.2) is 10.2 Å². The Kier molecular flexibility index (Phi) is 2.21. The van der Waals surface area contributed by atoms with Gasteiger partial charge in [-0.2, -0.15) is 4.98 Å². The van der Waals surface area contributed by atoms with E-state index in [1.54, 1.807) is 0 Å². The minimum atomic E-state index is -0.726. The maximum atomic E-state index is 10.1. The van der Waals surface area contributed by atoms with E-state index in [1.807, 2.05) is 0 Å². The second-order valence-electron chi connectivity index (χ2n) is 1.56. The van der Waals surface area contributed by atoms with Crippen LogP contribution in [-0.4, -0.2) is 14.9 Å². The standard InChI is InChI=1S/C4HCl2N3O2/c5-2-3(6)7-1-8-4(2)9(10)11/h1H. The normalized spacial score (nSPS) is 9.64. The fraction of sp³-hybridized carbons (Fsp3) is 0. The van der Waals surface area contributed by atoms with Gasteiger partial charge in [0.25, 0.3) is 0 Å². The number of hydrogen-bond acceptors (Lipinski definition) is 4. The summed E-state index contributed by atoms with van der Waals surface area (Å²) in [5, 5.41) is 9.79. The van der Waals surface area contributed by atoms with Gasteiger partial charge in [0.05, 0.1) is 0 Å². The molecule has 7 heteroatoms. The lowest BCUT2D eigenvalue weighted by Gasteiger charge is -1.93. The lowest BCUT2D eigenvalue weighted by Crippen LogP contribution is -1.94. The Hall–Kier alpha value is -0.940. The highest BCUT2D eigenvalue weighted by atomic mass is 35.5. The molecule has 0 aromatic carbocycles. The van der Waals surface area contributed by atoms with Crippen molar-refractivity contribution in [2.24, 2.45) is 0 Å². The summed E-state index contributed by atoms with van der Waals surface area (Å²) in [7, 11) is 0. The van der Waals surface area contributed by atoms with Gasteiger partial charge in [0.2, 0.25) is 6.33 Å². The molecule has 0 atom stereocenters. The molecular formula is C4HCl2N3O2. The summed E-state index contributed by atoms with van der Waals surface area (Å²) in [4.78, 5) is 16.2. The van der Waals surface area contributed by atoms with Crippen molar-refractivity contribution < 1.29 is 4.92 Å². The van der Waals surface area contributed by atoms with E-state index < -0.39 is 10.7 Å². The quantitative estimate of drug-likeness (QED) is 0.387. The highest BCUT2D eigenvalue weighted by molar-refractivity contribution is 6.42. The minimum absolute atomic E-state index is 0.117. The molecule has 0 unspecified atom stereocenters. The summed E-state index contributed by atoms with van der Waals surface area (Å²) >= 11 is 10.8. The Labute approximate surface area is 71.1 Å². The summed E-state index contributed by atoms with van der Waals surface area (Å²) in [6.07, 6.45) is 0.979. The van der Waals surface area contributed by atoms with Crippen molar-refractivity contribution in [2.75, 3.05) is 0 Å². The number of halogens is 2. The molecule has 0 bridgehead atoms. The van der Waals surface area contributed by atoms with Gasteiger partial charge in [0.1, 0.15) is 0 Å². The second kappa shape index (κ2) is 2.98. The molecule has 1 rings (SSSR count). The minimum Gasteiger partial charge on any atom is -0.358 e. The third-order valence-electron chi connectivity index (χ3n) is 0.901. The van der Waals surface area contributed by atoms with E-state index in [1.165, 1.54) is 0 Å². The molecule has 0 radical (unpaired) electrons. The molecular weight excluding hydrogens is 193 g/mol. The topological polar surface area (TPSA) is 68.9 Å². The maximum Gasteiger partial charge on any atom is 0.387 e. The molecule has 1 aromatic rings. The summed E-state index contributed by atoms with van der Waals surface area (Å²) in [6, 6.07) is 0. The summed E-state index contributed by atoms with van der Waals surface area (Å²) < 4.78 is 0. The first-order chi connectivity index (χ1) is 5.13. The number of nitrogens with zero attached hydrogens (tertiary/aromatic N) is 3. The molecule has 0 aliphatic rings. The van der Waals surface area contributed by atoms with Crippen molar-refractivity contribution in [3.63, 3.8) is 0 Å². The van der Waals surface area contributed by atoms with Gasteiger partial charge in [-0.15, -0.1) is 0 Å². The summed E-state index contributed by atoms with van der Waals surface area (Å²) in [6.45, 7) is 0. The number of nitro groups is 1. The van der Waals surface area contributed by atoms with E-state index >= 15 is 0 Å². The van der Waals surface area contributed by atoms with Gasteiger partial charge in [-0.05, 0) is 9.91 Å². The largest absolute Gasteiger partial charge is 0.387 e. The van der Waals surface area contributed by atoms with Crippen molar-refractivity contribution >= 4 is 29.0 Å². The van der Waals surface area contributed by atoms with Crippen molar-refractivity contribution in [3.8, 4) is 0 Å². The average Bonchev–Trinajstić information content (AvgIpc) is 1.94. The Morgan fingerprint density at radius 2 is 2.09 bits per heavy atom. The Bertz CT molecular complexity index is 303. The second-order valence-corrected chi connectivity index (χ2v) is 2.30. The molecule has 0 saturated carbocycles. The van der Waals surface area contributed by atoms with Gasteiger partial charge >= 0.3 is 5.82 Å². The molecule has 1 heterocycles. The zero-order valence-electron chi connectivity index (χ0n) is 4.99. The SMILES string of the molecule is O=[N+]([O-])c1ncnc(Cl)c1Cl. The van der Waals surface area contributed by atoms with Crippen LogP contribution in [0.2, 0.25) is 10.2 Å². The maximum absolute atomic E-state index is 10.1. The van der Waals surface area contributed by atoms with E-state index in [0.717, 1.165) is 6.33 Å². The van der Waals surface area contributed by atoms with E-state index in [0.29, 0.717) is 0 Å². The monoisotopic (exact) mass is 193 g/mol. The lowest BCUT2D eigenvalue weighted by molar-refractivity contribution is -0.389. The van der Waals surface area contributed by atoms with Crippen LogP contribution in [-0.2, 0) is 0 Å². The van der Waals surface area contributed by atoms with Gasteiger partial charge in [-0.3, -0.25) is 0 Å². The van der Waals surface area contributed by atoms with Crippen LogP contribution in [0.15, 0.2) is 6.33 Å². The molecule has 0 aliphatic heterocycles. The summed E-state index contributed by atoms with van der Waals surface area (Å²) in [5.74, 6) is -0.480. The van der Waals surface area contributed by atoms with Gasteiger partial charge in [0, 0.05) is 0 Å². The number of rotatable bonds is 1.